The average Bonchev–Trinajstić information content (AvgIpc) is 2.11. The molecule has 1 fully saturated rings. The van der Waals surface area contributed by atoms with Crippen LogP contribution in [-0.2, 0) is 14.3 Å². The molecule has 0 aliphatic carbocycles. The van der Waals surface area contributed by atoms with E-state index in [1.807, 2.05) is 0 Å². The Bertz CT molecular complexity index is 213. The van der Waals surface area contributed by atoms with E-state index in [-0.39, 0.29) is 18.0 Å². The van der Waals surface area contributed by atoms with Crippen molar-refractivity contribution in [1.29, 1.82) is 0 Å². The maximum absolute atomic E-state index is 11.2. The van der Waals surface area contributed by atoms with Gasteiger partial charge in [-0.3, -0.25) is 9.59 Å². The molecule has 1 unspecified atom stereocenters. The van der Waals surface area contributed by atoms with Crippen molar-refractivity contribution < 1.29 is 14.3 Å². The summed E-state index contributed by atoms with van der Waals surface area (Å²) in [5.74, 6) is -0.164. The summed E-state index contributed by atoms with van der Waals surface area (Å²) in [6, 6.07) is 0. The fourth-order valence-corrected chi connectivity index (χ4v) is 1.28. The van der Waals surface area contributed by atoms with Gasteiger partial charge in [0.15, 0.2) is 0 Å². The summed E-state index contributed by atoms with van der Waals surface area (Å²) < 4.78 is 5.07. The van der Waals surface area contributed by atoms with Gasteiger partial charge in [-0.15, -0.1) is 0 Å². The molecule has 4 nitrogen and oxygen atoms in total. The third-order valence-electron chi connectivity index (χ3n) is 2.20. The van der Waals surface area contributed by atoms with Crippen molar-refractivity contribution in [1.82, 2.24) is 4.90 Å². The van der Waals surface area contributed by atoms with Gasteiger partial charge < -0.3 is 9.64 Å². The predicted molar refractivity (Wildman–Crippen MR) is 47.0 cm³/mol. The highest BCUT2D eigenvalue weighted by molar-refractivity contribution is 5.78. The summed E-state index contributed by atoms with van der Waals surface area (Å²) in [5.41, 5.74) is 0. The smallest absolute Gasteiger partial charge is 0.305 e. The summed E-state index contributed by atoms with van der Waals surface area (Å²) in [6.07, 6.45) is 1.27. The second-order valence-electron chi connectivity index (χ2n) is 3.27. The first-order valence-corrected chi connectivity index (χ1v) is 4.57. The summed E-state index contributed by atoms with van der Waals surface area (Å²) in [7, 11) is 1.76. The minimum atomic E-state index is -0.220. The number of rotatable bonds is 2. The lowest BCUT2D eigenvalue weighted by molar-refractivity contribution is -0.154. The Balaban J connectivity index is 2.37. The minimum Gasteiger partial charge on any atom is -0.462 e. The first-order chi connectivity index (χ1) is 6.13. The van der Waals surface area contributed by atoms with Crippen LogP contribution < -0.4 is 0 Å². The van der Waals surface area contributed by atoms with E-state index in [9.17, 15) is 9.59 Å². The van der Waals surface area contributed by atoms with Gasteiger partial charge in [0.2, 0.25) is 5.91 Å². The second-order valence-corrected chi connectivity index (χ2v) is 3.27. The van der Waals surface area contributed by atoms with Gasteiger partial charge in [-0.25, -0.2) is 0 Å². The van der Waals surface area contributed by atoms with E-state index >= 15 is 0 Å². The maximum atomic E-state index is 11.2. The Morgan fingerprint density at radius 1 is 1.69 bits per heavy atom. The molecule has 4 heteroatoms. The molecule has 74 valence electrons. The molecule has 0 saturated carbocycles. The molecule has 1 amide bonds. The number of esters is 1. The molecule has 0 spiro atoms. The van der Waals surface area contributed by atoms with Gasteiger partial charge in [0.1, 0.15) is 6.10 Å². The van der Waals surface area contributed by atoms with E-state index in [1.165, 1.54) is 0 Å². The first-order valence-electron chi connectivity index (χ1n) is 4.57. The highest BCUT2D eigenvalue weighted by Gasteiger charge is 2.25. The van der Waals surface area contributed by atoms with Crippen LogP contribution in [0.5, 0.6) is 0 Å². The number of ether oxygens (including phenoxy) is 1. The molecular weight excluding hydrogens is 170 g/mol. The molecule has 1 heterocycles. The fourth-order valence-electron chi connectivity index (χ4n) is 1.28. The zero-order chi connectivity index (χ0) is 9.84. The third kappa shape index (κ3) is 2.72. The van der Waals surface area contributed by atoms with Crippen molar-refractivity contribution in [3.05, 3.63) is 0 Å². The van der Waals surface area contributed by atoms with Gasteiger partial charge in [-0.1, -0.05) is 6.92 Å². The van der Waals surface area contributed by atoms with Crippen LogP contribution in [0.2, 0.25) is 0 Å². The number of carbonyl (C=O) groups excluding carboxylic acids is 2. The lowest BCUT2D eigenvalue weighted by Gasteiger charge is -2.28. The molecule has 0 bridgehead atoms. The number of hydrogen-bond acceptors (Lipinski definition) is 3. The zero-order valence-corrected chi connectivity index (χ0v) is 8.08. The van der Waals surface area contributed by atoms with Crippen LogP contribution in [0.15, 0.2) is 0 Å². The largest absolute Gasteiger partial charge is 0.462 e. The van der Waals surface area contributed by atoms with Gasteiger partial charge in [-0.2, -0.15) is 0 Å². The molecular formula is C9H15NO3. The molecule has 0 aromatic heterocycles. The highest BCUT2D eigenvalue weighted by atomic mass is 16.5. The van der Waals surface area contributed by atoms with Crippen LogP contribution >= 0.6 is 0 Å². The topological polar surface area (TPSA) is 46.6 Å². The van der Waals surface area contributed by atoms with Crippen molar-refractivity contribution in [3.63, 3.8) is 0 Å². The Hall–Kier alpha value is -1.06. The van der Waals surface area contributed by atoms with E-state index in [4.69, 9.17) is 4.74 Å². The normalized spacial score (nSPS) is 23.1. The molecule has 0 aromatic carbocycles. The van der Waals surface area contributed by atoms with Crippen molar-refractivity contribution in [3.8, 4) is 0 Å². The van der Waals surface area contributed by atoms with Crippen LogP contribution in [0.3, 0.4) is 0 Å². The predicted octanol–water partition coefficient (Wildman–Crippen LogP) is 0.560. The molecule has 1 rings (SSSR count). The maximum Gasteiger partial charge on any atom is 0.305 e. The van der Waals surface area contributed by atoms with Gasteiger partial charge in [0.25, 0.3) is 0 Å². The van der Waals surface area contributed by atoms with Crippen molar-refractivity contribution in [2.45, 2.75) is 32.3 Å². The summed E-state index contributed by atoms with van der Waals surface area (Å²) in [5, 5.41) is 0. The minimum absolute atomic E-state index is 0.0557. The standard InChI is InChI=1S/C9H15NO3/c1-3-9(12)13-7-4-5-10(2)8(11)6-7/h7H,3-6H2,1-2H3. The van der Waals surface area contributed by atoms with Gasteiger partial charge in [0.05, 0.1) is 6.42 Å². The van der Waals surface area contributed by atoms with Crippen LogP contribution in [0.25, 0.3) is 0 Å². The van der Waals surface area contributed by atoms with Gasteiger partial charge >= 0.3 is 5.97 Å². The van der Waals surface area contributed by atoms with E-state index in [1.54, 1.807) is 18.9 Å². The molecule has 1 saturated heterocycles. The number of likely N-dealkylation sites (tertiary alicyclic amines) is 1. The molecule has 13 heavy (non-hydrogen) atoms. The molecule has 1 aliphatic rings. The van der Waals surface area contributed by atoms with Crippen molar-refractivity contribution in [2.75, 3.05) is 13.6 Å². The average molecular weight is 185 g/mol. The monoisotopic (exact) mass is 185 g/mol. The Morgan fingerprint density at radius 3 is 2.92 bits per heavy atom. The fraction of sp³-hybridized carbons (Fsp3) is 0.778. The van der Waals surface area contributed by atoms with Crippen LogP contribution in [0, 0.1) is 0 Å². The van der Waals surface area contributed by atoms with E-state index in [0.29, 0.717) is 19.4 Å². The first kappa shape index (κ1) is 10.0. The van der Waals surface area contributed by atoms with Gasteiger partial charge in [-0.05, 0) is 0 Å². The van der Waals surface area contributed by atoms with Crippen LogP contribution in [0.1, 0.15) is 26.2 Å². The van der Waals surface area contributed by atoms with Crippen molar-refractivity contribution in [2.24, 2.45) is 0 Å². The highest BCUT2D eigenvalue weighted by Crippen LogP contribution is 2.13. The number of amides is 1. The lowest BCUT2D eigenvalue weighted by Crippen LogP contribution is -2.39. The number of piperidine rings is 1. The van der Waals surface area contributed by atoms with Crippen LogP contribution in [0.4, 0.5) is 0 Å². The number of carbonyl (C=O) groups is 2. The van der Waals surface area contributed by atoms with Crippen LogP contribution in [-0.4, -0.2) is 36.5 Å². The van der Waals surface area contributed by atoms with E-state index in [2.05, 4.69) is 0 Å². The lowest BCUT2D eigenvalue weighted by atomic mass is 10.1. The van der Waals surface area contributed by atoms with E-state index < -0.39 is 0 Å². The second kappa shape index (κ2) is 4.25. The van der Waals surface area contributed by atoms with Gasteiger partial charge in [0, 0.05) is 26.4 Å². The molecule has 0 aromatic rings. The summed E-state index contributed by atoms with van der Waals surface area (Å²) in [6.45, 7) is 2.43. The zero-order valence-electron chi connectivity index (χ0n) is 8.08. The summed E-state index contributed by atoms with van der Waals surface area (Å²) in [4.78, 5) is 23.8. The number of hydrogen-bond donors (Lipinski definition) is 0. The van der Waals surface area contributed by atoms with Crippen molar-refractivity contribution >= 4 is 11.9 Å². The van der Waals surface area contributed by atoms with E-state index in [0.717, 1.165) is 6.42 Å². The number of nitrogens with zero attached hydrogens (tertiary/aromatic N) is 1. The molecule has 0 radical (unpaired) electrons. The molecule has 0 N–H and O–H groups in total. The Morgan fingerprint density at radius 2 is 2.38 bits per heavy atom. The molecule has 1 atom stereocenters. The Kier molecular flexibility index (Phi) is 3.28. The Labute approximate surface area is 77.8 Å². The SMILES string of the molecule is CCC(=O)OC1CCN(C)C(=O)C1. The third-order valence-corrected chi connectivity index (χ3v) is 2.20. The quantitative estimate of drug-likeness (QED) is 0.590. The summed E-state index contributed by atoms with van der Waals surface area (Å²) >= 11 is 0. The molecule has 1 aliphatic heterocycles.